The fraction of sp³-hybridized carbons (Fsp3) is 0.471. The van der Waals surface area contributed by atoms with E-state index < -0.39 is 0 Å². The van der Waals surface area contributed by atoms with Crippen molar-refractivity contribution in [2.45, 2.75) is 38.5 Å². The Kier molecular flexibility index (Phi) is 6.94. The monoisotopic (exact) mass is 374 g/mol. The summed E-state index contributed by atoms with van der Waals surface area (Å²) < 4.78 is 0. The molecule has 2 aromatic heterocycles. The SMILES string of the molecule is CCc1ccc(C(CCl)C(=O)C(CCl)c2ccc(CC)s2)s1. The Bertz CT molecular complexity index is 565. The van der Waals surface area contributed by atoms with Crippen molar-refractivity contribution in [2.24, 2.45) is 0 Å². The van der Waals surface area contributed by atoms with E-state index in [0.29, 0.717) is 11.8 Å². The van der Waals surface area contributed by atoms with Crippen molar-refractivity contribution in [1.82, 2.24) is 0 Å². The standard InChI is InChI=1S/C17H20Cl2OS2/c1-3-11-5-7-15(21-11)13(9-18)17(20)14(10-19)16-8-6-12(4-2)22-16/h5-8,13-14H,3-4,9-10H2,1-2H3. The zero-order valence-corrected chi connectivity index (χ0v) is 15.9. The topological polar surface area (TPSA) is 17.1 Å². The molecule has 0 spiro atoms. The molecule has 5 heteroatoms. The largest absolute Gasteiger partial charge is 0.298 e. The van der Waals surface area contributed by atoms with E-state index in [1.165, 1.54) is 9.75 Å². The summed E-state index contributed by atoms with van der Waals surface area (Å²) in [6.45, 7) is 4.24. The molecule has 0 saturated carbocycles. The molecule has 0 aromatic carbocycles. The Morgan fingerprint density at radius 1 is 0.909 bits per heavy atom. The molecule has 0 fully saturated rings. The molecule has 0 N–H and O–H groups in total. The first-order valence-corrected chi connectivity index (χ1v) is 10.2. The van der Waals surface area contributed by atoms with E-state index in [9.17, 15) is 4.79 Å². The molecule has 22 heavy (non-hydrogen) atoms. The highest BCUT2D eigenvalue weighted by Crippen LogP contribution is 2.35. The van der Waals surface area contributed by atoms with Gasteiger partial charge in [-0.1, -0.05) is 13.8 Å². The van der Waals surface area contributed by atoms with Crippen LogP contribution >= 0.6 is 45.9 Å². The molecule has 0 amide bonds. The lowest BCUT2D eigenvalue weighted by atomic mass is 9.93. The Morgan fingerprint density at radius 3 is 1.59 bits per heavy atom. The molecule has 0 bridgehead atoms. The number of carbonyl (C=O) groups excluding carboxylic acids is 1. The lowest BCUT2D eigenvalue weighted by Gasteiger charge is -2.17. The number of aryl methyl sites for hydroxylation is 2. The summed E-state index contributed by atoms with van der Waals surface area (Å²) in [6.07, 6.45) is 1.97. The second kappa shape index (κ2) is 8.49. The van der Waals surface area contributed by atoms with Gasteiger partial charge in [-0.15, -0.1) is 45.9 Å². The zero-order chi connectivity index (χ0) is 16.1. The first kappa shape index (κ1) is 18.0. The molecule has 2 heterocycles. The molecule has 0 radical (unpaired) electrons. The van der Waals surface area contributed by atoms with Gasteiger partial charge in [0.1, 0.15) is 0 Å². The summed E-state index contributed by atoms with van der Waals surface area (Å²) in [4.78, 5) is 17.6. The van der Waals surface area contributed by atoms with Crippen LogP contribution in [0.4, 0.5) is 0 Å². The molecule has 2 rings (SSSR count). The number of alkyl halides is 2. The van der Waals surface area contributed by atoms with Crippen LogP contribution in [0.3, 0.4) is 0 Å². The highest BCUT2D eigenvalue weighted by atomic mass is 35.5. The number of ketones is 1. The lowest BCUT2D eigenvalue weighted by Crippen LogP contribution is -2.22. The summed E-state index contributed by atoms with van der Waals surface area (Å²) in [6, 6.07) is 8.24. The van der Waals surface area contributed by atoms with Crippen molar-refractivity contribution < 1.29 is 4.79 Å². The molecule has 0 aliphatic carbocycles. The fourth-order valence-electron chi connectivity index (χ4n) is 2.37. The van der Waals surface area contributed by atoms with Crippen LogP contribution in [0, 0.1) is 0 Å². The smallest absolute Gasteiger partial charge is 0.151 e. The maximum atomic E-state index is 12.9. The van der Waals surface area contributed by atoms with Crippen molar-refractivity contribution in [3.8, 4) is 0 Å². The minimum Gasteiger partial charge on any atom is -0.298 e. The van der Waals surface area contributed by atoms with Gasteiger partial charge >= 0.3 is 0 Å². The summed E-state index contributed by atoms with van der Waals surface area (Å²) in [7, 11) is 0. The molecule has 0 saturated heterocycles. The van der Waals surface area contributed by atoms with Gasteiger partial charge in [0.2, 0.25) is 0 Å². The van der Waals surface area contributed by atoms with E-state index in [1.54, 1.807) is 22.7 Å². The predicted octanol–water partition coefficient (Wildman–Crippen LogP) is 5.85. The van der Waals surface area contributed by atoms with Crippen LogP contribution in [0.15, 0.2) is 24.3 Å². The summed E-state index contributed by atoms with van der Waals surface area (Å²) in [5, 5.41) is 0. The highest BCUT2D eigenvalue weighted by molar-refractivity contribution is 7.12. The lowest BCUT2D eigenvalue weighted by molar-refractivity contribution is -0.120. The summed E-state index contributed by atoms with van der Waals surface area (Å²) in [5.41, 5.74) is 0. The van der Waals surface area contributed by atoms with E-state index >= 15 is 0 Å². The second-order valence-electron chi connectivity index (χ2n) is 5.13. The van der Waals surface area contributed by atoms with Crippen LogP contribution in [-0.2, 0) is 17.6 Å². The van der Waals surface area contributed by atoms with E-state index in [-0.39, 0.29) is 17.6 Å². The van der Waals surface area contributed by atoms with Gasteiger partial charge in [0.15, 0.2) is 5.78 Å². The van der Waals surface area contributed by atoms with Crippen LogP contribution in [0.25, 0.3) is 0 Å². The highest BCUT2D eigenvalue weighted by Gasteiger charge is 2.30. The third-order valence-corrected chi connectivity index (χ3v) is 7.05. The number of halogens is 2. The maximum Gasteiger partial charge on any atom is 0.151 e. The number of Topliss-reactive ketones (excluding diaryl/α,β-unsaturated/α-hetero) is 1. The fourth-order valence-corrected chi connectivity index (χ4v) is 5.31. The van der Waals surface area contributed by atoms with Crippen LogP contribution in [0.2, 0.25) is 0 Å². The number of carbonyl (C=O) groups is 1. The number of thiophene rings is 2. The summed E-state index contributed by atoms with van der Waals surface area (Å²) in [5.74, 6) is 0.230. The van der Waals surface area contributed by atoms with Crippen LogP contribution in [0.1, 0.15) is 45.2 Å². The second-order valence-corrected chi connectivity index (χ2v) is 8.15. The number of rotatable bonds is 8. The molecule has 1 nitrogen and oxygen atoms in total. The molecule has 0 aliphatic rings. The number of hydrogen-bond acceptors (Lipinski definition) is 3. The van der Waals surface area contributed by atoms with Crippen molar-refractivity contribution in [3.05, 3.63) is 43.8 Å². The predicted molar refractivity (Wildman–Crippen MR) is 99.3 cm³/mol. The molecular weight excluding hydrogens is 355 g/mol. The van der Waals surface area contributed by atoms with E-state index in [2.05, 4.69) is 26.0 Å². The Hall–Kier alpha value is -0.350. The van der Waals surface area contributed by atoms with E-state index in [0.717, 1.165) is 22.6 Å². The first-order valence-electron chi connectivity index (χ1n) is 7.47. The van der Waals surface area contributed by atoms with Gasteiger partial charge in [0, 0.05) is 31.3 Å². The molecule has 2 atom stereocenters. The van der Waals surface area contributed by atoms with Gasteiger partial charge in [0.25, 0.3) is 0 Å². The van der Waals surface area contributed by atoms with Gasteiger partial charge in [-0.25, -0.2) is 0 Å². The van der Waals surface area contributed by atoms with Gasteiger partial charge < -0.3 is 0 Å². The van der Waals surface area contributed by atoms with Crippen LogP contribution in [0.5, 0.6) is 0 Å². The Labute approximate surface area is 150 Å². The normalized spacial score (nSPS) is 14.0. The van der Waals surface area contributed by atoms with Gasteiger partial charge in [-0.3, -0.25) is 4.79 Å². The maximum absolute atomic E-state index is 12.9. The molecule has 0 aliphatic heterocycles. The van der Waals surface area contributed by atoms with Crippen molar-refractivity contribution in [2.75, 3.05) is 11.8 Å². The summed E-state index contributed by atoms with van der Waals surface area (Å²) >= 11 is 15.6. The molecule has 2 unspecified atom stereocenters. The van der Waals surface area contributed by atoms with Crippen molar-refractivity contribution in [3.63, 3.8) is 0 Å². The minimum absolute atomic E-state index is 0.138. The third kappa shape index (κ3) is 3.94. The van der Waals surface area contributed by atoms with Gasteiger partial charge in [0.05, 0.1) is 11.8 Å². The molecule has 120 valence electrons. The van der Waals surface area contributed by atoms with E-state index in [1.807, 2.05) is 12.1 Å². The number of hydrogen-bond donors (Lipinski definition) is 0. The van der Waals surface area contributed by atoms with Crippen molar-refractivity contribution >= 4 is 51.7 Å². The van der Waals surface area contributed by atoms with E-state index in [4.69, 9.17) is 23.2 Å². The molecule has 2 aromatic rings. The first-order chi connectivity index (χ1) is 10.6. The molecular formula is C17H20Cl2OS2. The van der Waals surface area contributed by atoms with Crippen LogP contribution < -0.4 is 0 Å². The average molecular weight is 375 g/mol. The Balaban J connectivity index is 2.24. The van der Waals surface area contributed by atoms with Gasteiger partial charge in [-0.2, -0.15) is 0 Å². The third-order valence-electron chi connectivity index (χ3n) is 3.74. The zero-order valence-electron chi connectivity index (χ0n) is 12.8. The van der Waals surface area contributed by atoms with Gasteiger partial charge in [-0.05, 0) is 37.1 Å². The minimum atomic E-state index is -0.261. The Morgan fingerprint density at radius 2 is 1.32 bits per heavy atom. The van der Waals surface area contributed by atoms with Crippen LogP contribution in [-0.4, -0.2) is 17.5 Å². The quantitative estimate of drug-likeness (QED) is 0.529. The van der Waals surface area contributed by atoms with Crippen molar-refractivity contribution in [1.29, 1.82) is 0 Å². The average Bonchev–Trinajstić information content (AvgIpc) is 3.18.